The van der Waals surface area contributed by atoms with Crippen LogP contribution in [0.1, 0.15) is 33.2 Å². The molecule has 0 bridgehead atoms. The summed E-state index contributed by atoms with van der Waals surface area (Å²) in [5.74, 6) is -1.46. The number of carbonyl (C=O) groups excluding carboxylic acids is 3. The van der Waals surface area contributed by atoms with Gasteiger partial charge >= 0.3 is 5.97 Å². The Morgan fingerprint density at radius 1 is 0.750 bits per heavy atom. The lowest BCUT2D eigenvalue weighted by Crippen LogP contribution is -2.30. The van der Waals surface area contributed by atoms with Gasteiger partial charge in [-0.3, -0.25) is 9.59 Å². The second-order valence-electron chi connectivity index (χ2n) is 6.14. The van der Waals surface area contributed by atoms with Crippen LogP contribution in [0.3, 0.4) is 0 Å². The van der Waals surface area contributed by atoms with Gasteiger partial charge < -0.3 is 10.1 Å². The first-order valence-electron chi connectivity index (χ1n) is 8.82. The average Bonchev–Trinajstić information content (AvgIpc) is 2.74. The minimum absolute atomic E-state index is 0.121. The molecule has 0 fully saturated rings. The lowest BCUT2D eigenvalue weighted by molar-refractivity contribution is -0.123. The van der Waals surface area contributed by atoms with E-state index < -0.39 is 18.0 Å². The number of nitrogens with one attached hydrogen (secondary N) is 1. The summed E-state index contributed by atoms with van der Waals surface area (Å²) in [6.07, 6.45) is -1.02. The highest BCUT2D eigenvalue weighted by molar-refractivity contribution is 6.14. The van der Waals surface area contributed by atoms with Crippen molar-refractivity contribution >= 4 is 23.3 Å². The van der Waals surface area contributed by atoms with Gasteiger partial charge in [-0.2, -0.15) is 0 Å². The van der Waals surface area contributed by atoms with E-state index >= 15 is 0 Å². The Morgan fingerprint density at radius 3 is 1.93 bits per heavy atom. The number of benzene rings is 3. The summed E-state index contributed by atoms with van der Waals surface area (Å²) in [4.78, 5) is 37.6. The van der Waals surface area contributed by atoms with Crippen molar-refractivity contribution < 1.29 is 19.1 Å². The van der Waals surface area contributed by atoms with Crippen molar-refractivity contribution in [2.75, 3.05) is 5.32 Å². The maximum Gasteiger partial charge on any atom is 0.339 e. The van der Waals surface area contributed by atoms with Gasteiger partial charge in [-0.1, -0.05) is 66.7 Å². The fraction of sp³-hybridized carbons (Fsp3) is 0.0870. The molecule has 5 nitrogen and oxygen atoms in total. The van der Waals surface area contributed by atoms with Gasteiger partial charge in [-0.25, -0.2) is 4.79 Å². The molecule has 0 unspecified atom stereocenters. The summed E-state index contributed by atoms with van der Waals surface area (Å²) >= 11 is 0. The summed E-state index contributed by atoms with van der Waals surface area (Å²) in [5, 5.41) is 2.68. The number of hydrogen-bond acceptors (Lipinski definition) is 4. The Morgan fingerprint density at radius 2 is 1.29 bits per heavy atom. The van der Waals surface area contributed by atoms with E-state index in [1.807, 2.05) is 12.1 Å². The first-order chi connectivity index (χ1) is 13.6. The van der Waals surface area contributed by atoms with Gasteiger partial charge in [-0.05, 0) is 25.1 Å². The van der Waals surface area contributed by atoms with E-state index in [1.165, 1.54) is 13.0 Å². The number of para-hydroxylation sites is 1. The van der Waals surface area contributed by atoms with Crippen molar-refractivity contribution in [3.63, 3.8) is 0 Å². The second kappa shape index (κ2) is 8.77. The largest absolute Gasteiger partial charge is 0.449 e. The second-order valence-corrected chi connectivity index (χ2v) is 6.14. The topological polar surface area (TPSA) is 72.5 Å². The summed E-state index contributed by atoms with van der Waals surface area (Å²) in [7, 11) is 0. The summed E-state index contributed by atoms with van der Waals surface area (Å²) in [5.41, 5.74) is 1.43. The average molecular weight is 373 g/mol. The van der Waals surface area contributed by atoms with Gasteiger partial charge in [0.15, 0.2) is 11.9 Å². The SMILES string of the molecule is C[C@H](OC(=O)c1ccccc1C(=O)c1ccccc1)C(=O)Nc1ccccc1. The van der Waals surface area contributed by atoms with Crippen molar-refractivity contribution in [1.82, 2.24) is 0 Å². The van der Waals surface area contributed by atoms with E-state index in [9.17, 15) is 14.4 Å². The Labute approximate surface area is 163 Å². The molecule has 1 amide bonds. The van der Waals surface area contributed by atoms with Crippen LogP contribution in [-0.4, -0.2) is 23.8 Å². The molecule has 0 radical (unpaired) electrons. The van der Waals surface area contributed by atoms with E-state index in [0.717, 1.165) is 0 Å². The zero-order chi connectivity index (χ0) is 19.9. The number of ketones is 1. The highest BCUT2D eigenvalue weighted by Crippen LogP contribution is 2.17. The molecule has 0 aliphatic heterocycles. The highest BCUT2D eigenvalue weighted by atomic mass is 16.5. The van der Waals surface area contributed by atoms with Gasteiger partial charge in [0.05, 0.1) is 5.56 Å². The van der Waals surface area contributed by atoms with Crippen LogP contribution in [0.15, 0.2) is 84.9 Å². The molecule has 0 saturated heterocycles. The molecule has 5 heteroatoms. The highest BCUT2D eigenvalue weighted by Gasteiger charge is 2.23. The number of amides is 1. The Hall–Kier alpha value is -3.73. The van der Waals surface area contributed by atoms with Crippen LogP contribution in [0, 0.1) is 0 Å². The Kier molecular flexibility index (Phi) is 5.97. The van der Waals surface area contributed by atoms with Gasteiger partial charge in [0.25, 0.3) is 5.91 Å². The number of ether oxygens (including phenoxy) is 1. The first-order valence-corrected chi connectivity index (χ1v) is 8.82. The zero-order valence-electron chi connectivity index (χ0n) is 15.3. The number of anilines is 1. The molecule has 3 aromatic rings. The van der Waals surface area contributed by atoms with Crippen molar-refractivity contribution in [2.45, 2.75) is 13.0 Å². The van der Waals surface area contributed by atoms with Crippen molar-refractivity contribution in [1.29, 1.82) is 0 Å². The van der Waals surface area contributed by atoms with Crippen molar-refractivity contribution in [2.24, 2.45) is 0 Å². The normalized spacial score (nSPS) is 11.3. The molecule has 0 heterocycles. The minimum atomic E-state index is -1.02. The maximum atomic E-state index is 12.7. The summed E-state index contributed by atoms with van der Waals surface area (Å²) < 4.78 is 5.29. The molecule has 1 N–H and O–H groups in total. The quantitative estimate of drug-likeness (QED) is 0.521. The predicted octanol–water partition coefficient (Wildman–Crippen LogP) is 4.10. The Bertz CT molecular complexity index is 984. The number of hydrogen-bond donors (Lipinski definition) is 1. The molecule has 3 aromatic carbocycles. The van der Waals surface area contributed by atoms with Gasteiger partial charge in [0, 0.05) is 16.8 Å². The van der Waals surface area contributed by atoms with E-state index in [1.54, 1.807) is 66.7 Å². The van der Waals surface area contributed by atoms with Crippen LogP contribution in [-0.2, 0) is 9.53 Å². The molecular weight excluding hydrogens is 354 g/mol. The van der Waals surface area contributed by atoms with E-state index in [2.05, 4.69) is 5.32 Å². The van der Waals surface area contributed by atoms with Crippen LogP contribution in [0.5, 0.6) is 0 Å². The van der Waals surface area contributed by atoms with Crippen LogP contribution >= 0.6 is 0 Å². The fourth-order valence-electron chi connectivity index (χ4n) is 2.65. The van der Waals surface area contributed by atoms with Crippen molar-refractivity contribution in [3.05, 3.63) is 102 Å². The molecule has 0 aliphatic carbocycles. The molecule has 140 valence electrons. The molecule has 0 aliphatic rings. The molecule has 28 heavy (non-hydrogen) atoms. The summed E-state index contributed by atoms with van der Waals surface area (Å²) in [6.45, 7) is 1.48. The van der Waals surface area contributed by atoms with Gasteiger partial charge in [0.1, 0.15) is 0 Å². The van der Waals surface area contributed by atoms with Crippen LogP contribution in [0.2, 0.25) is 0 Å². The third kappa shape index (κ3) is 4.51. The maximum absolute atomic E-state index is 12.7. The molecule has 3 rings (SSSR count). The standard InChI is InChI=1S/C23H19NO4/c1-16(22(26)24-18-12-6-3-7-13-18)28-23(27)20-15-9-8-14-19(20)21(25)17-10-4-2-5-11-17/h2-16H,1H3,(H,24,26)/t16-/m0/s1. The minimum Gasteiger partial charge on any atom is -0.449 e. The predicted molar refractivity (Wildman–Crippen MR) is 106 cm³/mol. The lowest BCUT2D eigenvalue weighted by Gasteiger charge is -2.15. The zero-order valence-corrected chi connectivity index (χ0v) is 15.3. The van der Waals surface area contributed by atoms with E-state index in [0.29, 0.717) is 11.3 Å². The third-order valence-corrected chi connectivity index (χ3v) is 4.12. The van der Waals surface area contributed by atoms with Crippen LogP contribution in [0.4, 0.5) is 5.69 Å². The van der Waals surface area contributed by atoms with E-state index in [4.69, 9.17) is 4.74 Å². The smallest absolute Gasteiger partial charge is 0.339 e. The molecule has 0 aromatic heterocycles. The first kappa shape index (κ1) is 19.0. The number of carbonyl (C=O) groups is 3. The van der Waals surface area contributed by atoms with Gasteiger partial charge in [0.2, 0.25) is 0 Å². The molecule has 1 atom stereocenters. The summed E-state index contributed by atoms with van der Waals surface area (Å²) in [6, 6.07) is 24.0. The Balaban J connectivity index is 1.74. The molecular formula is C23H19NO4. The van der Waals surface area contributed by atoms with Crippen LogP contribution < -0.4 is 5.32 Å². The monoisotopic (exact) mass is 373 g/mol. The van der Waals surface area contributed by atoms with Gasteiger partial charge in [-0.15, -0.1) is 0 Å². The number of rotatable bonds is 6. The number of esters is 1. The van der Waals surface area contributed by atoms with Crippen LogP contribution in [0.25, 0.3) is 0 Å². The molecule has 0 saturated carbocycles. The van der Waals surface area contributed by atoms with E-state index in [-0.39, 0.29) is 16.9 Å². The van der Waals surface area contributed by atoms with Crippen molar-refractivity contribution in [3.8, 4) is 0 Å². The lowest BCUT2D eigenvalue weighted by atomic mass is 9.98. The fourth-order valence-corrected chi connectivity index (χ4v) is 2.65. The third-order valence-electron chi connectivity index (χ3n) is 4.12. The molecule has 0 spiro atoms.